The van der Waals surface area contributed by atoms with E-state index in [1.165, 1.54) is 0 Å². The molecule has 0 aliphatic heterocycles. The van der Waals surface area contributed by atoms with Gasteiger partial charge in [0.05, 0.1) is 4.75 Å². The van der Waals surface area contributed by atoms with E-state index in [1.54, 1.807) is 20.8 Å². The zero-order valence-corrected chi connectivity index (χ0v) is 14.5. The number of nitrogens with one attached hydrogen (secondary N) is 2. The number of sulfonamides is 1. The highest BCUT2D eigenvalue weighted by Crippen LogP contribution is 2.15. The molecule has 0 saturated carbocycles. The summed E-state index contributed by atoms with van der Waals surface area (Å²) in [7, 11) is -3.22. The van der Waals surface area contributed by atoms with Crippen LogP contribution in [0.15, 0.2) is 24.3 Å². The van der Waals surface area contributed by atoms with Crippen LogP contribution in [-0.4, -0.2) is 26.3 Å². The molecule has 0 bridgehead atoms. The van der Waals surface area contributed by atoms with Crippen molar-refractivity contribution in [3.63, 3.8) is 0 Å². The number of hydrogen-bond donors (Lipinski definition) is 2. The molecule has 0 saturated heterocycles. The highest BCUT2D eigenvalue weighted by atomic mass is 35.5. The van der Waals surface area contributed by atoms with Crippen LogP contribution in [0.4, 0.5) is 5.69 Å². The van der Waals surface area contributed by atoms with Gasteiger partial charge in [-0.1, -0.05) is 24.1 Å². The molecule has 1 aromatic rings. The SMILES string of the molecule is CC(C)(C)S(=O)(=O)NCCCCCNc1cccc(Cl)c1. The fraction of sp³-hybridized carbons (Fsp3) is 0.600. The van der Waals surface area contributed by atoms with Crippen LogP contribution in [0.5, 0.6) is 0 Å². The minimum Gasteiger partial charge on any atom is -0.385 e. The van der Waals surface area contributed by atoms with Crippen molar-refractivity contribution in [1.82, 2.24) is 4.72 Å². The first-order valence-electron chi connectivity index (χ1n) is 7.21. The van der Waals surface area contributed by atoms with Crippen molar-refractivity contribution >= 4 is 27.3 Å². The molecular weight excluding hydrogens is 308 g/mol. The van der Waals surface area contributed by atoms with Crippen LogP contribution < -0.4 is 10.0 Å². The number of unbranched alkanes of at least 4 members (excludes halogenated alkanes) is 2. The van der Waals surface area contributed by atoms with E-state index >= 15 is 0 Å². The van der Waals surface area contributed by atoms with Gasteiger partial charge in [-0.15, -0.1) is 0 Å². The number of halogens is 1. The van der Waals surface area contributed by atoms with E-state index < -0.39 is 14.8 Å². The lowest BCUT2D eigenvalue weighted by Gasteiger charge is -2.19. The van der Waals surface area contributed by atoms with Gasteiger partial charge >= 0.3 is 0 Å². The quantitative estimate of drug-likeness (QED) is 0.714. The predicted molar refractivity (Wildman–Crippen MR) is 90.5 cm³/mol. The first-order chi connectivity index (χ1) is 9.72. The van der Waals surface area contributed by atoms with E-state index in [2.05, 4.69) is 10.0 Å². The van der Waals surface area contributed by atoms with Gasteiger partial charge in [0.2, 0.25) is 10.0 Å². The summed E-state index contributed by atoms with van der Waals surface area (Å²) >= 11 is 5.90. The van der Waals surface area contributed by atoms with E-state index in [0.717, 1.165) is 36.5 Å². The summed E-state index contributed by atoms with van der Waals surface area (Å²) in [5, 5.41) is 4.01. The van der Waals surface area contributed by atoms with Crippen LogP contribution in [0.1, 0.15) is 40.0 Å². The van der Waals surface area contributed by atoms with Crippen LogP contribution in [-0.2, 0) is 10.0 Å². The zero-order chi connectivity index (χ0) is 15.9. The largest absolute Gasteiger partial charge is 0.385 e. The van der Waals surface area contributed by atoms with Gasteiger partial charge in [0, 0.05) is 23.8 Å². The third-order valence-electron chi connectivity index (χ3n) is 3.11. The summed E-state index contributed by atoms with van der Waals surface area (Å²) in [5.74, 6) is 0. The molecule has 0 aromatic heterocycles. The summed E-state index contributed by atoms with van der Waals surface area (Å²) < 4.78 is 25.5. The molecule has 120 valence electrons. The van der Waals surface area contributed by atoms with E-state index in [0.29, 0.717) is 6.54 Å². The van der Waals surface area contributed by atoms with Gasteiger partial charge in [0.25, 0.3) is 0 Å². The molecule has 0 radical (unpaired) electrons. The highest BCUT2D eigenvalue weighted by molar-refractivity contribution is 7.90. The molecule has 0 unspecified atom stereocenters. The van der Waals surface area contributed by atoms with Crippen LogP contribution in [0.3, 0.4) is 0 Å². The Labute approximate surface area is 133 Å². The predicted octanol–water partition coefficient (Wildman–Crippen LogP) is 3.64. The second-order valence-corrected chi connectivity index (χ2v) is 8.96. The third kappa shape index (κ3) is 6.68. The van der Waals surface area contributed by atoms with Crippen molar-refractivity contribution in [3.8, 4) is 0 Å². The lowest BCUT2D eigenvalue weighted by atomic mass is 10.2. The number of anilines is 1. The summed E-state index contributed by atoms with van der Waals surface area (Å²) in [6.07, 6.45) is 2.80. The van der Waals surface area contributed by atoms with Crippen molar-refractivity contribution in [2.24, 2.45) is 0 Å². The zero-order valence-electron chi connectivity index (χ0n) is 12.9. The Balaban J connectivity index is 2.13. The van der Waals surface area contributed by atoms with Gasteiger partial charge in [-0.05, 0) is 51.8 Å². The summed E-state index contributed by atoms with van der Waals surface area (Å²) in [4.78, 5) is 0. The molecule has 2 N–H and O–H groups in total. The maximum atomic E-state index is 11.8. The maximum absolute atomic E-state index is 11.8. The second kappa shape index (κ2) is 8.01. The van der Waals surface area contributed by atoms with Crippen molar-refractivity contribution in [2.75, 3.05) is 18.4 Å². The molecule has 0 fully saturated rings. The van der Waals surface area contributed by atoms with Crippen LogP contribution in [0.2, 0.25) is 5.02 Å². The molecule has 0 aliphatic rings. The molecule has 0 amide bonds. The third-order valence-corrected chi connectivity index (χ3v) is 5.54. The van der Waals surface area contributed by atoms with Crippen molar-refractivity contribution < 1.29 is 8.42 Å². The molecule has 6 heteroatoms. The van der Waals surface area contributed by atoms with Gasteiger partial charge in [-0.2, -0.15) is 0 Å². The molecular formula is C15H25ClN2O2S. The molecule has 4 nitrogen and oxygen atoms in total. The Hall–Kier alpha value is -0.780. The summed E-state index contributed by atoms with van der Waals surface area (Å²) in [5.41, 5.74) is 1.01. The van der Waals surface area contributed by atoms with Crippen LogP contribution >= 0.6 is 11.6 Å². The normalized spacial score (nSPS) is 12.4. The lowest BCUT2D eigenvalue weighted by molar-refractivity contribution is 0.540. The molecule has 1 rings (SSSR count). The smallest absolute Gasteiger partial charge is 0.216 e. The van der Waals surface area contributed by atoms with Gasteiger partial charge in [0.1, 0.15) is 0 Å². The Kier molecular flexibility index (Phi) is 6.97. The Morgan fingerprint density at radius 3 is 2.38 bits per heavy atom. The fourth-order valence-corrected chi connectivity index (χ4v) is 2.72. The monoisotopic (exact) mass is 332 g/mol. The van der Waals surface area contributed by atoms with Gasteiger partial charge in [-0.25, -0.2) is 13.1 Å². The van der Waals surface area contributed by atoms with E-state index in [1.807, 2.05) is 24.3 Å². The first kappa shape index (κ1) is 18.3. The van der Waals surface area contributed by atoms with Crippen LogP contribution in [0, 0.1) is 0 Å². The van der Waals surface area contributed by atoms with E-state index in [4.69, 9.17) is 11.6 Å². The Bertz CT molecular complexity index is 539. The second-order valence-electron chi connectivity index (χ2n) is 6.01. The molecule has 0 aliphatic carbocycles. The summed E-state index contributed by atoms with van der Waals surface area (Å²) in [6, 6.07) is 7.61. The molecule has 1 aromatic carbocycles. The number of rotatable bonds is 8. The summed E-state index contributed by atoms with van der Waals surface area (Å²) in [6.45, 7) is 6.45. The number of benzene rings is 1. The average molecular weight is 333 g/mol. The standard InChI is InChI=1S/C15H25ClN2O2S/c1-15(2,3)21(19,20)18-11-6-4-5-10-17-14-9-7-8-13(16)12-14/h7-9,12,17-18H,4-6,10-11H2,1-3H3. The van der Waals surface area contributed by atoms with Gasteiger partial charge in [0.15, 0.2) is 0 Å². The first-order valence-corrected chi connectivity index (χ1v) is 9.07. The van der Waals surface area contributed by atoms with E-state index in [9.17, 15) is 8.42 Å². The van der Waals surface area contributed by atoms with Crippen molar-refractivity contribution in [1.29, 1.82) is 0 Å². The van der Waals surface area contributed by atoms with Crippen LogP contribution in [0.25, 0.3) is 0 Å². The topological polar surface area (TPSA) is 58.2 Å². The highest BCUT2D eigenvalue weighted by Gasteiger charge is 2.27. The minimum atomic E-state index is -3.22. The maximum Gasteiger partial charge on any atom is 0.216 e. The van der Waals surface area contributed by atoms with E-state index in [-0.39, 0.29) is 0 Å². The fourth-order valence-electron chi connectivity index (χ4n) is 1.68. The molecule has 0 heterocycles. The Morgan fingerprint density at radius 1 is 1.10 bits per heavy atom. The van der Waals surface area contributed by atoms with Crippen molar-refractivity contribution in [2.45, 2.75) is 44.8 Å². The van der Waals surface area contributed by atoms with Gasteiger partial charge in [-0.3, -0.25) is 0 Å². The molecule has 0 atom stereocenters. The minimum absolute atomic E-state index is 0.497. The average Bonchev–Trinajstić information content (AvgIpc) is 2.36. The molecule has 21 heavy (non-hydrogen) atoms. The van der Waals surface area contributed by atoms with Gasteiger partial charge < -0.3 is 5.32 Å². The Morgan fingerprint density at radius 2 is 1.76 bits per heavy atom. The van der Waals surface area contributed by atoms with Crippen molar-refractivity contribution in [3.05, 3.63) is 29.3 Å². The lowest BCUT2D eigenvalue weighted by Crippen LogP contribution is -2.39. The molecule has 0 spiro atoms. The number of hydrogen-bond acceptors (Lipinski definition) is 3.